The number of para-hydroxylation sites is 1. The van der Waals surface area contributed by atoms with E-state index in [4.69, 9.17) is 9.84 Å². The molecule has 0 saturated carbocycles. The minimum Gasteiger partial charge on any atom is -0.497 e. The lowest BCUT2D eigenvalue weighted by Crippen LogP contribution is -2.49. The number of halogens is 1. The molecule has 2 aliphatic rings. The van der Waals surface area contributed by atoms with Crippen molar-refractivity contribution in [2.75, 3.05) is 44.7 Å². The number of anilines is 1. The molecule has 3 aromatic carbocycles. The zero-order valence-electron chi connectivity index (χ0n) is 21.7. The van der Waals surface area contributed by atoms with Gasteiger partial charge in [-0.15, -0.1) is 0 Å². The SMILES string of the molecule is COc1ccc(C2=NN(C(=O)CN3CCN(c4ccccc4F)CC3)C(c3cc(C)ccc3C)C2)cc1. The van der Waals surface area contributed by atoms with E-state index >= 15 is 0 Å². The van der Waals surface area contributed by atoms with Crippen LogP contribution in [0.25, 0.3) is 0 Å². The van der Waals surface area contributed by atoms with Crippen LogP contribution in [0.5, 0.6) is 5.75 Å². The first-order chi connectivity index (χ1) is 17.9. The third kappa shape index (κ3) is 5.37. The number of amides is 1. The Labute approximate surface area is 217 Å². The van der Waals surface area contributed by atoms with Crippen molar-refractivity contribution in [2.45, 2.75) is 26.3 Å². The van der Waals surface area contributed by atoms with E-state index in [1.165, 1.54) is 6.07 Å². The van der Waals surface area contributed by atoms with Gasteiger partial charge < -0.3 is 9.64 Å². The third-order valence-electron chi connectivity index (χ3n) is 7.31. The highest BCUT2D eigenvalue weighted by molar-refractivity contribution is 6.03. The fraction of sp³-hybridized carbons (Fsp3) is 0.333. The summed E-state index contributed by atoms with van der Waals surface area (Å²) in [6.45, 7) is 7.18. The number of nitrogens with zero attached hydrogens (tertiary/aromatic N) is 4. The Kier molecular flexibility index (Phi) is 7.24. The van der Waals surface area contributed by atoms with Crippen LogP contribution in [0.2, 0.25) is 0 Å². The summed E-state index contributed by atoms with van der Waals surface area (Å²) in [4.78, 5) is 17.8. The molecule has 1 amide bonds. The number of aryl methyl sites for hydroxylation is 2. The van der Waals surface area contributed by atoms with Crippen LogP contribution < -0.4 is 9.64 Å². The maximum Gasteiger partial charge on any atom is 0.257 e. The Morgan fingerprint density at radius 3 is 2.43 bits per heavy atom. The lowest BCUT2D eigenvalue weighted by Gasteiger charge is -2.36. The van der Waals surface area contributed by atoms with Crippen molar-refractivity contribution in [3.63, 3.8) is 0 Å². The molecule has 1 unspecified atom stereocenters. The van der Waals surface area contributed by atoms with Gasteiger partial charge >= 0.3 is 0 Å². The number of carbonyl (C=O) groups excluding carboxylic acids is 1. The first-order valence-corrected chi connectivity index (χ1v) is 12.8. The van der Waals surface area contributed by atoms with Crippen molar-refractivity contribution < 1.29 is 13.9 Å². The first kappa shape index (κ1) is 25.0. The molecule has 2 aliphatic heterocycles. The molecule has 5 rings (SSSR count). The van der Waals surface area contributed by atoms with Crippen molar-refractivity contribution >= 4 is 17.3 Å². The second-order valence-electron chi connectivity index (χ2n) is 9.81. The summed E-state index contributed by atoms with van der Waals surface area (Å²) in [6.07, 6.45) is 0.656. The van der Waals surface area contributed by atoms with Gasteiger partial charge in [0.25, 0.3) is 5.91 Å². The van der Waals surface area contributed by atoms with Gasteiger partial charge in [0.05, 0.1) is 31.1 Å². The minimum absolute atomic E-state index is 0.0197. The van der Waals surface area contributed by atoms with Crippen molar-refractivity contribution in [3.05, 3.63) is 94.8 Å². The van der Waals surface area contributed by atoms with Crippen LogP contribution in [0.15, 0.2) is 71.8 Å². The summed E-state index contributed by atoms with van der Waals surface area (Å²) in [6, 6.07) is 20.9. The van der Waals surface area contributed by atoms with Crippen LogP contribution in [-0.2, 0) is 4.79 Å². The lowest BCUT2D eigenvalue weighted by atomic mass is 9.94. The smallest absolute Gasteiger partial charge is 0.257 e. The van der Waals surface area contributed by atoms with E-state index in [2.05, 4.69) is 36.9 Å². The van der Waals surface area contributed by atoms with Gasteiger partial charge in [0.2, 0.25) is 0 Å². The molecular formula is C30H33FN4O2. The van der Waals surface area contributed by atoms with Gasteiger partial charge in [0.1, 0.15) is 11.6 Å². The second kappa shape index (κ2) is 10.7. The van der Waals surface area contributed by atoms with E-state index in [1.807, 2.05) is 41.3 Å². The van der Waals surface area contributed by atoms with Gasteiger partial charge in [-0.05, 0) is 66.9 Å². The zero-order valence-corrected chi connectivity index (χ0v) is 21.7. The monoisotopic (exact) mass is 500 g/mol. The van der Waals surface area contributed by atoms with Crippen molar-refractivity contribution in [3.8, 4) is 5.75 Å². The Morgan fingerprint density at radius 2 is 1.73 bits per heavy atom. The normalized spacial score (nSPS) is 18.2. The largest absolute Gasteiger partial charge is 0.497 e. The Balaban J connectivity index is 1.34. The van der Waals surface area contributed by atoms with Crippen molar-refractivity contribution in [1.82, 2.24) is 9.91 Å². The number of rotatable bonds is 6. The fourth-order valence-corrected chi connectivity index (χ4v) is 5.18. The molecule has 0 aromatic heterocycles. The van der Waals surface area contributed by atoms with Gasteiger partial charge in [0.15, 0.2) is 0 Å². The summed E-state index contributed by atoms with van der Waals surface area (Å²) in [5.41, 5.74) is 5.95. The number of ether oxygens (including phenoxy) is 1. The highest BCUT2D eigenvalue weighted by atomic mass is 19.1. The fourth-order valence-electron chi connectivity index (χ4n) is 5.18. The van der Waals surface area contributed by atoms with Crippen LogP contribution in [0.1, 0.15) is 34.7 Å². The lowest BCUT2D eigenvalue weighted by molar-refractivity contribution is -0.134. The van der Waals surface area contributed by atoms with Gasteiger partial charge in [-0.3, -0.25) is 9.69 Å². The third-order valence-corrected chi connectivity index (χ3v) is 7.31. The Hall–Kier alpha value is -3.71. The molecule has 0 bridgehead atoms. The molecule has 6 nitrogen and oxygen atoms in total. The van der Waals surface area contributed by atoms with Crippen LogP contribution in [-0.4, -0.2) is 61.4 Å². The highest BCUT2D eigenvalue weighted by Gasteiger charge is 2.35. The van der Waals surface area contributed by atoms with E-state index < -0.39 is 0 Å². The highest BCUT2D eigenvalue weighted by Crippen LogP contribution is 2.35. The molecule has 1 atom stereocenters. The molecule has 1 saturated heterocycles. The Morgan fingerprint density at radius 1 is 1.00 bits per heavy atom. The van der Waals surface area contributed by atoms with Crippen LogP contribution >= 0.6 is 0 Å². The van der Waals surface area contributed by atoms with E-state index in [-0.39, 0.29) is 24.3 Å². The average molecular weight is 501 g/mol. The molecule has 37 heavy (non-hydrogen) atoms. The van der Waals surface area contributed by atoms with Crippen LogP contribution in [0.3, 0.4) is 0 Å². The summed E-state index contributed by atoms with van der Waals surface area (Å²) < 4.78 is 19.5. The number of hydrogen-bond donors (Lipinski definition) is 0. The number of piperazine rings is 1. The van der Waals surface area contributed by atoms with Crippen LogP contribution in [0.4, 0.5) is 10.1 Å². The maximum atomic E-state index is 14.2. The molecule has 0 radical (unpaired) electrons. The summed E-state index contributed by atoms with van der Waals surface area (Å²) >= 11 is 0. The number of hydrazone groups is 1. The van der Waals surface area contributed by atoms with Gasteiger partial charge in [-0.1, -0.05) is 35.9 Å². The molecule has 7 heteroatoms. The van der Waals surface area contributed by atoms with Gasteiger partial charge in [0, 0.05) is 32.6 Å². The predicted octanol–water partition coefficient (Wildman–Crippen LogP) is 4.95. The zero-order chi connectivity index (χ0) is 25.9. The number of benzene rings is 3. The van der Waals surface area contributed by atoms with Crippen molar-refractivity contribution in [2.24, 2.45) is 5.10 Å². The molecule has 192 valence electrons. The minimum atomic E-state index is -0.208. The van der Waals surface area contributed by atoms with E-state index in [0.717, 1.165) is 33.7 Å². The number of methoxy groups -OCH3 is 1. The van der Waals surface area contributed by atoms with E-state index in [9.17, 15) is 9.18 Å². The van der Waals surface area contributed by atoms with Gasteiger partial charge in [-0.25, -0.2) is 9.40 Å². The molecule has 0 spiro atoms. The first-order valence-electron chi connectivity index (χ1n) is 12.8. The van der Waals surface area contributed by atoms with E-state index in [0.29, 0.717) is 38.3 Å². The molecule has 1 fully saturated rings. The van der Waals surface area contributed by atoms with Crippen molar-refractivity contribution in [1.29, 1.82) is 0 Å². The Bertz CT molecular complexity index is 1300. The second-order valence-corrected chi connectivity index (χ2v) is 9.81. The maximum absolute atomic E-state index is 14.2. The standard InChI is InChI=1S/C30H33FN4O2/c1-21-8-9-22(2)25(18-21)29-19-27(23-10-12-24(37-3)13-11-23)32-35(29)30(36)20-33-14-16-34(17-15-33)28-7-5-4-6-26(28)31/h4-13,18,29H,14-17,19-20H2,1-3H3. The molecule has 0 N–H and O–H groups in total. The quantitative estimate of drug-likeness (QED) is 0.481. The summed E-state index contributed by atoms with van der Waals surface area (Å²) in [5, 5.41) is 6.54. The molecule has 3 aromatic rings. The summed E-state index contributed by atoms with van der Waals surface area (Å²) in [5.74, 6) is 0.561. The number of hydrogen-bond acceptors (Lipinski definition) is 5. The molecular weight excluding hydrogens is 467 g/mol. The molecule has 2 heterocycles. The molecule has 0 aliphatic carbocycles. The predicted molar refractivity (Wildman–Crippen MR) is 145 cm³/mol. The van der Waals surface area contributed by atoms with E-state index in [1.54, 1.807) is 18.2 Å². The van der Waals surface area contributed by atoms with Gasteiger partial charge in [-0.2, -0.15) is 5.10 Å². The average Bonchev–Trinajstić information content (AvgIpc) is 3.36. The number of carbonyl (C=O) groups is 1. The van der Waals surface area contributed by atoms with Crippen LogP contribution in [0, 0.1) is 19.7 Å². The topological polar surface area (TPSA) is 48.4 Å². The summed E-state index contributed by atoms with van der Waals surface area (Å²) in [7, 11) is 1.65.